The van der Waals surface area contributed by atoms with Crippen molar-refractivity contribution in [1.82, 2.24) is 20.5 Å². The monoisotopic (exact) mass is 479 g/mol. The van der Waals surface area contributed by atoms with Crippen molar-refractivity contribution in [1.29, 1.82) is 0 Å². The summed E-state index contributed by atoms with van der Waals surface area (Å²) < 4.78 is 36.7. The lowest BCUT2D eigenvalue weighted by atomic mass is 10.4. The third-order valence-electron chi connectivity index (χ3n) is 2.95. The van der Waals surface area contributed by atoms with Crippen LogP contribution in [0.4, 0.5) is 13.2 Å². The topological polar surface area (TPSA) is 69.6 Å². The Kier molecular flexibility index (Phi) is 9.55. The minimum atomic E-state index is -4.41. The third-order valence-corrected chi connectivity index (χ3v) is 4.03. The summed E-state index contributed by atoms with van der Waals surface area (Å²) in [6, 6.07) is 0. The van der Waals surface area contributed by atoms with Gasteiger partial charge in [0.1, 0.15) is 11.6 Å². The first-order valence-corrected chi connectivity index (χ1v) is 7.62. The van der Waals surface area contributed by atoms with Crippen LogP contribution in [0.1, 0.15) is 15.6 Å². The maximum Gasteiger partial charge on any atom is 0.406 e. The molecule has 0 aromatic carbocycles. The van der Waals surface area contributed by atoms with Crippen molar-refractivity contribution in [2.45, 2.75) is 26.6 Å². The molecule has 0 atom stereocenters. The minimum absolute atomic E-state index is 0. The molecule has 0 aliphatic rings. The number of nitrogens with zero attached hydrogens (tertiary/aromatic N) is 3. The Labute approximate surface area is 159 Å². The first-order valence-electron chi connectivity index (χ1n) is 6.80. The van der Waals surface area contributed by atoms with Crippen molar-refractivity contribution in [2.75, 3.05) is 27.2 Å². The van der Waals surface area contributed by atoms with E-state index < -0.39 is 18.6 Å². The number of carbonyl (C=O) groups is 1. The summed E-state index contributed by atoms with van der Waals surface area (Å²) in [4.78, 5) is 21.6. The number of aliphatic imine (C=N–C) groups is 1. The molecule has 0 bridgehead atoms. The van der Waals surface area contributed by atoms with Gasteiger partial charge >= 0.3 is 6.18 Å². The molecule has 0 aliphatic carbocycles. The molecule has 11 heteroatoms. The van der Waals surface area contributed by atoms with E-state index in [9.17, 15) is 18.0 Å². The van der Waals surface area contributed by atoms with Crippen molar-refractivity contribution < 1.29 is 18.0 Å². The Bertz CT molecular complexity index is 557. The van der Waals surface area contributed by atoms with Gasteiger partial charge in [0.15, 0.2) is 5.96 Å². The van der Waals surface area contributed by atoms with Crippen molar-refractivity contribution in [2.24, 2.45) is 4.99 Å². The van der Waals surface area contributed by atoms with Crippen molar-refractivity contribution in [3.8, 4) is 0 Å². The van der Waals surface area contributed by atoms with Crippen LogP contribution < -0.4 is 10.6 Å². The second-order valence-corrected chi connectivity index (χ2v) is 6.18. The predicted molar refractivity (Wildman–Crippen MR) is 98.9 cm³/mol. The molecule has 0 saturated heterocycles. The molecule has 1 amide bonds. The average Bonchev–Trinajstić information content (AvgIpc) is 2.75. The molecule has 24 heavy (non-hydrogen) atoms. The van der Waals surface area contributed by atoms with Crippen molar-refractivity contribution >= 4 is 47.2 Å². The van der Waals surface area contributed by atoms with E-state index in [0.29, 0.717) is 17.4 Å². The number of rotatable bonds is 5. The van der Waals surface area contributed by atoms with Gasteiger partial charge in [0.05, 0.1) is 18.8 Å². The van der Waals surface area contributed by atoms with Crippen LogP contribution in [0.3, 0.4) is 0 Å². The Morgan fingerprint density at radius 3 is 2.42 bits per heavy atom. The van der Waals surface area contributed by atoms with Gasteiger partial charge in [-0.25, -0.2) is 4.98 Å². The standard InChI is InChI=1S/C13H20F3N5OS.HI/c1-8-9(2)23-10(20-8)5-18-12(17-3)19-6-11(22)21(4)7-13(14,15)16;/h5-7H2,1-4H3,(H2,17,18,19);1H. The molecular formula is C13H21F3IN5OS. The first kappa shape index (κ1) is 22.9. The van der Waals surface area contributed by atoms with E-state index in [4.69, 9.17) is 0 Å². The van der Waals surface area contributed by atoms with E-state index >= 15 is 0 Å². The Morgan fingerprint density at radius 1 is 1.33 bits per heavy atom. The van der Waals surface area contributed by atoms with Crippen molar-refractivity contribution in [3.05, 3.63) is 15.6 Å². The van der Waals surface area contributed by atoms with E-state index in [2.05, 4.69) is 20.6 Å². The molecule has 2 N–H and O–H groups in total. The Balaban J connectivity index is 0.00000529. The number of amides is 1. The van der Waals surface area contributed by atoms with Crippen LogP contribution in [0, 0.1) is 13.8 Å². The highest BCUT2D eigenvalue weighted by Gasteiger charge is 2.31. The van der Waals surface area contributed by atoms with E-state index in [-0.39, 0.29) is 30.5 Å². The fourth-order valence-electron chi connectivity index (χ4n) is 1.65. The van der Waals surface area contributed by atoms with Crippen LogP contribution in [0.2, 0.25) is 0 Å². The minimum Gasteiger partial charge on any atom is -0.350 e. The summed E-state index contributed by atoms with van der Waals surface area (Å²) >= 11 is 1.55. The van der Waals surface area contributed by atoms with Crippen LogP contribution in [-0.4, -0.2) is 55.1 Å². The van der Waals surface area contributed by atoms with Gasteiger partial charge in [-0.05, 0) is 13.8 Å². The summed E-state index contributed by atoms with van der Waals surface area (Å²) in [7, 11) is 2.62. The van der Waals surface area contributed by atoms with Gasteiger partial charge in [-0.3, -0.25) is 9.79 Å². The normalized spacial score (nSPS) is 11.7. The van der Waals surface area contributed by atoms with Gasteiger partial charge in [-0.15, -0.1) is 35.3 Å². The van der Waals surface area contributed by atoms with Gasteiger partial charge in [-0.2, -0.15) is 13.2 Å². The number of nitrogens with one attached hydrogen (secondary N) is 2. The van der Waals surface area contributed by atoms with Crippen molar-refractivity contribution in [3.63, 3.8) is 0 Å². The Hall–Kier alpha value is -1.11. The summed E-state index contributed by atoms with van der Waals surface area (Å²) in [5.74, 6) is -0.351. The van der Waals surface area contributed by atoms with Gasteiger partial charge in [0.2, 0.25) is 5.91 Å². The quantitative estimate of drug-likeness (QED) is 0.386. The van der Waals surface area contributed by atoms with Crippen LogP contribution in [0.15, 0.2) is 4.99 Å². The fraction of sp³-hybridized carbons (Fsp3) is 0.615. The zero-order valence-corrected chi connectivity index (χ0v) is 17.0. The number of aromatic nitrogens is 1. The lowest BCUT2D eigenvalue weighted by Gasteiger charge is -2.19. The molecule has 0 radical (unpaired) electrons. The van der Waals surface area contributed by atoms with Gasteiger partial charge < -0.3 is 15.5 Å². The Morgan fingerprint density at radius 2 is 1.96 bits per heavy atom. The predicted octanol–water partition coefficient (Wildman–Crippen LogP) is 2.06. The maximum absolute atomic E-state index is 12.2. The summed E-state index contributed by atoms with van der Waals surface area (Å²) in [5.41, 5.74) is 0.957. The molecule has 0 saturated carbocycles. The first-order chi connectivity index (χ1) is 10.6. The number of hydrogen-bond acceptors (Lipinski definition) is 4. The van der Waals surface area contributed by atoms with E-state index in [1.165, 1.54) is 7.05 Å². The van der Waals surface area contributed by atoms with E-state index in [1.807, 2.05) is 13.8 Å². The second-order valence-electron chi connectivity index (χ2n) is 4.89. The molecule has 0 aliphatic heterocycles. The highest BCUT2D eigenvalue weighted by atomic mass is 127. The number of guanidine groups is 1. The maximum atomic E-state index is 12.2. The smallest absolute Gasteiger partial charge is 0.350 e. The number of halogens is 4. The number of carbonyl (C=O) groups excluding carboxylic acids is 1. The SMILES string of the molecule is CN=C(NCC(=O)N(C)CC(F)(F)F)NCc1nc(C)c(C)s1.I. The molecule has 1 aromatic heterocycles. The summed E-state index contributed by atoms with van der Waals surface area (Å²) in [6.07, 6.45) is -4.41. The van der Waals surface area contributed by atoms with Crippen LogP contribution in [-0.2, 0) is 11.3 Å². The van der Waals surface area contributed by atoms with Gasteiger partial charge in [0, 0.05) is 19.0 Å². The number of aryl methyl sites for hydroxylation is 2. The highest BCUT2D eigenvalue weighted by Crippen LogP contribution is 2.16. The number of alkyl halides is 3. The lowest BCUT2D eigenvalue weighted by molar-refractivity contribution is -0.157. The second kappa shape index (κ2) is 10.0. The van der Waals surface area contributed by atoms with Gasteiger partial charge in [-0.1, -0.05) is 0 Å². The molecule has 1 heterocycles. The zero-order valence-electron chi connectivity index (χ0n) is 13.8. The lowest BCUT2D eigenvalue weighted by Crippen LogP contribution is -2.45. The molecule has 138 valence electrons. The largest absolute Gasteiger partial charge is 0.406 e. The summed E-state index contributed by atoms with van der Waals surface area (Å²) in [6.45, 7) is 2.75. The molecule has 6 nitrogen and oxygen atoms in total. The highest BCUT2D eigenvalue weighted by molar-refractivity contribution is 14.0. The number of likely N-dealkylation sites (N-methyl/N-ethyl adjacent to an activating group) is 1. The molecule has 0 fully saturated rings. The number of thiazole rings is 1. The zero-order chi connectivity index (χ0) is 17.6. The summed E-state index contributed by atoms with van der Waals surface area (Å²) in [5, 5.41) is 6.51. The molecule has 0 unspecified atom stereocenters. The molecular weight excluding hydrogens is 458 g/mol. The van der Waals surface area contributed by atoms with Crippen LogP contribution in [0.25, 0.3) is 0 Å². The number of hydrogen-bond donors (Lipinski definition) is 2. The van der Waals surface area contributed by atoms with E-state index in [1.54, 1.807) is 11.3 Å². The molecule has 1 rings (SSSR count). The molecule has 0 spiro atoms. The van der Waals surface area contributed by atoms with Gasteiger partial charge in [0.25, 0.3) is 0 Å². The van der Waals surface area contributed by atoms with Crippen LogP contribution in [0.5, 0.6) is 0 Å². The van der Waals surface area contributed by atoms with E-state index in [0.717, 1.165) is 22.6 Å². The fourth-order valence-corrected chi connectivity index (χ4v) is 2.52. The average molecular weight is 479 g/mol. The third kappa shape index (κ3) is 8.13. The molecule has 1 aromatic rings. The van der Waals surface area contributed by atoms with Crippen LogP contribution >= 0.6 is 35.3 Å².